The van der Waals surface area contributed by atoms with E-state index < -0.39 is 0 Å². The van der Waals surface area contributed by atoms with E-state index in [-0.39, 0.29) is 6.61 Å². The van der Waals surface area contributed by atoms with Gasteiger partial charge in [0.2, 0.25) is 0 Å². The topological polar surface area (TPSA) is 33.6 Å². The van der Waals surface area contributed by atoms with Crippen molar-refractivity contribution in [3.8, 4) is 18.1 Å². The van der Waals surface area contributed by atoms with E-state index >= 15 is 0 Å². The fourth-order valence-corrected chi connectivity index (χ4v) is 1.66. The second-order valence-electron chi connectivity index (χ2n) is 3.91. The van der Waals surface area contributed by atoms with Gasteiger partial charge in [-0.15, -0.1) is 6.42 Å². The highest BCUT2D eigenvalue weighted by Gasteiger charge is 1.99. The van der Waals surface area contributed by atoms with Crippen molar-refractivity contribution >= 4 is 23.5 Å². The van der Waals surface area contributed by atoms with Crippen molar-refractivity contribution < 1.29 is 4.74 Å². The van der Waals surface area contributed by atoms with Crippen LogP contribution < -0.4 is 10.2 Å². The number of rotatable bonds is 5. The lowest BCUT2D eigenvalue weighted by atomic mass is 10.2. The Morgan fingerprint density at radius 2 is 1.95 bits per heavy atom. The molecule has 0 amide bonds. The molecule has 0 atom stereocenters. The van der Waals surface area contributed by atoms with Gasteiger partial charge in [-0.1, -0.05) is 29.7 Å². The van der Waals surface area contributed by atoms with E-state index in [1.807, 2.05) is 36.4 Å². The lowest BCUT2D eigenvalue weighted by Gasteiger charge is -2.05. The number of benzene rings is 2. The van der Waals surface area contributed by atoms with Gasteiger partial charge in [0.05, 0.1) is 11.9 Å². The number of anilines is 1. The predicted octanol–water partition coefficient (Wildman–Crippen LogP) is 3.80. The Morgan fingerprint density at radius 3 is 2.70 bits per heavy atom. The Balaban J connectivity index is 2.04. The van der Waals surface area contributed by atoms with Gasteiger partial charge >= 0.3 is 0 Å². The van der Waals surface area contributed by atoms with Gasteiger partial charge in [0, 0.05) is 10.6 Å². The summed E-state index contributed by atoms with van der Waals surface area (Å²) >= 11 is 5.81. The number of nitrogens with one attached hydrogen (secondary N) is 1. The maximum Gasteiger partial charge on any atom is 0.148 e. The molecule has 0 aliphatic rings. The lowest BCUT2D eigenvalue weighted by Crippen LogP contribution is -1.98. The first kappa shape index (κ1) is 14.0. The number of terminal acetylenes is 1. The van der Waals surface area contributed by atoms with Crippen LogP contribution in [0.5, 0.6) is 5.75 Å². The maximum absolute atomic E-state index is 5.81. The molecule has 2 rings (SSSR count). The van der Waals surface area contributed by atoms with Crippen LogP contribution in [-0.4, -0.2) is 12.8 Å². The van der Waals surface area contributed by atoms with Crippen LogP contribution in [0.25, 0.3) is 0 Å². The summed E-state index contributed by atoms with van der Waals surface area (Å²) in [5.74, 6) is 3.14. The zero-order valence-electron chi connectivity index (χ0n) is 10.7. The van der Waals surface area contributed by atoms with Crippen molar-refractivity contribution in [3.63, 3.8) is 0 Å². The molecular weight excluding hydrogens is 272 g/mol. The van der Waals surface area contributed by atoms with E-state index in [1.54, 1.807) is 18.3 Å². The number of nitrogens with zero attached hydrogens (tertiary/aromatic N) is 1. The minimum atomic E-state index is 0.232. The van der Waals surface area contributed by atoms with Crippen molar-refractivity contribution in [3.05, 3.63) is 59.1 Å². The largest absolute Gasteiger partial charge is 0.480 e. The van der Waals surface area contributed by atoms with E-state index in [9.17, 15) is 0 Å². The van der Waals surface area contributed by atoms with E-state index in [2.05, 4.69) is 16.4 Å². The standard InChI is InChI=1S/C16H13ClN2O/c1-2-11-20-16-6-4-3-5-13(16)12-18-19-15-9-7-14(17)8-10-15/h1,3-10,12,19H,11H2/b18-12-. The molecule has 0 aliphatic heterocycles. The summed E-state index contributed by atoms with van der Waals surface area (Å²) < 4.78 is 5.43. The van der Waals surface area contributed by atoms with Crippen molar-refractivity contribution in [1.82, 2.24) is 0 Å². The minimum Gasteiger partial charge on any atom is -0.480 e. The summed E-state index contributed by atoms with van der Waals surface area (Å²) in [7, 11) is 0. The van der Waals surface area contributed by atoms with Crippen LogP contribution in [0.4, 0.5) is 5.69 Å². The van der Waals surface area contributed by atoms with Crippen molar-refractivity contribution in [2.45, 2.75) is 0 Å². The molecule has 0 bridgehead atoms. The quantitative estimate of drug-likeness (QED) is 0.515. The fraction of sp³-hybridized carbons (Fsp3) is 0.0625. The molecule has 20 heavy (non-hydrogen) atoms. The second-order valence-corrected chi connectivity index (χ2v) is 4.34. The van der Waals surface area contributed by atoms with Gasteiger partial charge in [-0.3, -0.25) is 5.43 Å². The van der Waals surface area contributed by atoms with E-state index in [1.165, 1.54) is 0 Å². The molecule has 100 valence electrons. The highest BCUT2D eigenvalue weighted by Crippen LogP contribution is 2.16. The SMILES string of the molecule is C#CCOc1ccccc1/C=N\Nc1ccc(Cl)cc1. The average molecular weight is 285 g/mol. The highest BCUT2D eigenvalue weighted by atomic mass is 35.5. The van der Waals surface area contributed by atoms with Gasteiger partial charge in [-0.25, -0.2) is 0 Å². The molecule has 0 spiro atoms. The summed E-state index contributed by atoms with van der Waals surface area (Å²) in [6, 6.07) is 14.8. The Labute approximate surface area is 123 Å². The third-order valence-electron chi connectivity index (χ3n) is 2.47. The molecule has 0 aromatic heterocycles. The van der Waals surface area contributed by atoms with Crippen LogP contribution in [0.1, 0.15) is 5.56 Å². The summed E-state index contributed by atoms with van der Waals surface area (Å²) in [4.78, 5) is 0. The predicted molar refractivity (Wildman–Crippen MR) is 83.4 cm³/mol. The van der Waals surface area contributed by atoms with Gasteiger partial charge in [-0.2, -0.15) is 5.10 Å². The van der Waals surface area contributed by atoms with Gasteiger partial charge in [0.1, 0.15) is 12.4 Å². The van der Waals surface area contributed by atoms with E-state index in [4.69, 9.17) is 22.8 Å². The first-order valence-corrected chi connectivity index (χ1v) is 6.37. The number of hydrazone groups is 1. The van der Waals surface area contributed by atoms with Gasteiger partial charge in [0.15, 0.2) is 0 Å². The third-order valence-corrected chi connectivity index (χ3v) is 2.72. The molecule has 0 aliphatic carbocycles. The van der Waals surface area contributed by atoms with Gasteiger partial charge < -0.3 is 4.74 Å². The Hall–Kier alpha value is -2.44. The minimum absolute atomic E-state index is 0.232. The van der Waals surface area contributed by atoms with Gasteiger partial charge in [-0.05, 0) is 36.4 Å². The summed E-state index contributed by atoms with van der Waals surface area (Å²) in [6.45, 7) is 0.232. The maximum atomic E-state index is 5.81. The fourth-order valence-electron chi connectivity index (χ4n) is 1.54. The van der Waals surface area contributed by atoms with Crippen LogP contribution in [0.2, 0.25) is 5.02 Å². The average Bonchev–Trinajstić information content (AvgIpc) is 2.48. The Bertz CT molecular complexity index is 630. The van der Waals surface area contributed by atoms with Crippen molar-refractivity contribution in [2.24, 2.45) is 5.10 Å². The van der Waals surface area contributed by atoms with Crippen molar-refractivity contribution in [1.29, 1.82) is 0 Å². The molecule has 1 N–H and O–H groups in total. The molecule has 3 nitrogen and oxygen atoms in total. The van der Waals surface area contributed by atoms with Crippen LogP contribution in [-0.2, 0) is 0 Å². The monoisotopic (exact) mass is 284 g/mol. The van der Waals surface area contributed by atoms with Gasteiger partial charge in [0.25, 0.3) is 0 Å². The lowest BCUT2D eigenvalue weighted by molar-refractivity contribution is 0.370. The summed E-state index contributed by atoms with van der Waals surface area (Å²) in [5.41, 5.74) is 4.62. The molecule has 0 heterocycles. The molecular formula is C16H13ClN2O. The van der Waals surface area contributed by atoms with E-state index in [0.29, 0.717) is 10.8 Å². The number of ether oxygens (including phenoxy) is 1. The molecule has 0 saturated carbocycles. The number of para-hydroxylation sites is 1. The Kier molecular flexibility index (Phi) is 5.05. The van der Waals surface area contributed by atoms with E-state index in [0.717, 1.165) is 11.3 Å². The third kappa shape index (κ3) is 4.04. The van der Waals surface area contributed by atoms with Crippen LogP contribution in [0.3, 0.4) is 0 Å². The van der Waals surface area contributed by atoms with Crippen LogP contribution >= 0.6 is 11.6 Å². The molecule has 4 heteroatoms. The molecule has 2 aromatic rings. The molecule has 2 aromatic carbocycles. The second kappa shape index (κ2) is 7.22. The van der Waals surface area contributed by atoms with Crippen LogP contribution in [0.15, 0.2) is 53.6 Å². The summed E-state index contributed by atoms with van der Waals surface area (Å²) in [5, 5.41) is 4.85. The van der Waals surface area contributed by atoms with Crippen molar-refractivity contribution in [2.75, 3.05) is 12.0 Å². The highest BCUT2D eigenvalue weighted by molar-refractivity contribution is 6.30. The van der Waals surface area contributed by atoms with Crippen LogP contribution in [0, 0.1) is 12.3 Å². The normalized spacial score (nSPS) is 10.2. The number of hydrogen-bond acceptors (Lipinski definition) is 3. The Morgan fingerprint density at radius 1 is 1.20 bits per heavy atom. The number of hydrogen-bond donors (Lipinski definition) is 1. The molecule has 0 unspecified atom stereocenters. The molecule has 0 fully saturated rings. The summed E-state index contributed by atoms with van der Waals surface area (Å²) in [6.07, 6.45) is 6.86. The number of halogens is 1. The smallest absolute Gasteiger partial charge is 0.148 e. The zero-order chi connectivity index (χ0) is 14.2. The molecule has 0 saturated heterocycles. The zero-order valence-corrected chi connectivity index (χ0v) is 11.5. The first-order chi connectivity index (χ1) is 9.79. The molecule has 0 radical (unpaired) electrons. The first-order valence-electron chi connectivity index (χ1n) is 5.99.